The summed E-state index contributed by atoms with van der Waals surface area (Å²) in [7, 11) is 1.52. The lowest BCUT2D eigenvalue weighted by molar-refractivity contribution is 0.411. The van der Waals surface area contributed by atoms with Crippen molar-refractivity contribution in [3.05, 3.63) is 34.6 Å². The summed E-state index contributed by atoms with van der Waals surface area (Å²) in [4.78, 5) is 5.65. The SMILES string of the molecule is COc1ccc(-c2nc3c(s2)C(N)CCC3)c(F)c1. The molecule has 5 heteroatoms. The molecule has 1 atom stereocenters. The third-order valence-electron chi connectivity index (χ3n) is 3.40. The van der Waals surface area contributed by atoms with Crippen molar-refractivity contribution < 1.29 is 9.13 Å². The maximum atomic E-state index is 14.0. The number of aromatic nitrogens is 1. The highest BCUT2D eigenvalue weighted by Crippen LogP contribution is 2.38. The normalized spacial score (nSPS) is 18.2. The molecule has 1 aliphatic carbocycles. The van der Waals surface area contributed by atoms with E-state index in [1.807, 2.05) is 0 Å². The van der Waals surface area contributed by atoms with Crippen molar-refractivity contribution in [2.45, 2.75) is 25.3 Å². The average Bonchev–Trinajstić information content (AvgIpc) is 2.83. The Morgan fingerprint density at radius 2 is 2.32 bits per heavy atom. The average molecular weight is 278 g/mol. The largest absolute Gasteiger partial charge is 0.497 e. The van der Waals surface area contributed by atoms with Crippen LogP contribution in [0.3, 0.4) is 0 Å². The molecular weight excluding hydrogens is 263 g/mol. The van der Waals surface area contributed by atoms with Crippen LogP contribution in [0.5, 0.6) is 5.75 Å². The van der Waals surface area contributed by atoms with Gasteiger partial charge in [0.1, 0.15) is 16.6 Å². The first-order valence-electron chi connectivity index (χ1n) is 6.28. The summed E-state index contributed by atoms with van der Waals surface area (Å²) in [5.41, 5.74) is 7.63. The van der Waals surface area contributed by atoms with Gasteiger partial charge in [0.05, 0.1) is 12.8 Å². The van der Waals surface area contributed by atoms with Crippen molar-refractivity contribution in [1.29, 1.82) is 0 Å². The Bertz CT molecular complexity index is 611. The molecular formula is C14H15FN2OS. The molecule has 0 spiro atoms. The van der Waals surface area contributed by atoms with E-state index in [4.69, 9.17) is 10.5 Å². The number of halogens is 1. The fraction of sp³-hybridized carbons (Fsp3) is 0.357. The van der Waals surface area contributed by atoms with Gasteiger partial charge in [0.15, 0.2) is 0 Å². The van der Waals surface area contributed by atoms with Gasteiger partial charge in [-0.2, -0.15) is 0 Å². The lowest BCUT2D eigenvalue weighted by atomic mass is 9.99. The number of fused-ring (bicyclic) bond motifs is 1. The van der Waals surface area contributed by atoms with E-state index in [0.29, 0.717) is 16.3 Å². The molecule has 0 radical (unpaired) electrons. The fourth-order valence-electron chi connectivity index (χ4n) is 2.36. The summed E-state index contributed by atoms with van der Waals surface area (Å²) in [6.45, 7) is 0. The fourth-order valence-corrected chi connectivity index (χ4v) is 3.54. The Morgan fingerprint density at radius 3 is 3.00 bits per heavy atom. The van der Waals surface area contributed by atoms with Crippen molar-refractivity contribution in [1.82, 2.24) is 4.98 Å². The molecule has 3 rings (SSSR count). The van der Waals surface area contributed by atoms with Gasteiger partial charge in [-0.1, -0.05) is 0 Å². The van der Waals surface area contributed by atoms with Crippen LogP contribution in [-0.2, 0) is 6.42 Å². The molecule has 0 amide bonds. The molecule has 0 bridgehead atoms. The molecule has 3 nitrogen and oxygen atoms in total. The lowest BCUT2D eigenvalue weighted by Crippen LogP contribution is -2.15. The van der Waals surface area contributed by atoms with Gasteiger partial charge < -0.3 is 10.5 Å². The van der Waals surface area contributed by atoms with Crippen molar-refractivity contribution >= 4 is 11.3 Å². The van der Waals surface area contributed by atoms with Crippen molar-refractivity contribution in [2.75, 3.05) is 7.11 Å². The number of thiazole rings is 1. The van der Waals surface area contributed by atoms with Gasteiger partial charge in [0.2, 0.25) is 0 Å². The van der Waals surface area contributed by atoms with Gasteiger partial charge in [0, 0.05) is 22.5 Å². The van der Waals surface area contributed by atoms with Crippen LogP contribution < -0.4 is 10.5 Å². The smallest absolute Gasteiger partial charge is 0.137 e. The predicted octanol–water partition coefficient (Wildman–Crippen LogP) is 3.29. The molecule has 0 fully saturated rings. The van der Waals surface area contributed by atoms with Crippen LogP contribution >= 0.6 is 11.3 Å². The first-order valence-corrected chi connectivity index (χ1v) is 7.10. The first kappa shape index (κ1) is 12.6. The minimum atomic E-state index is -0.306. The summed E-state index contributed by atoms with van der Waals surface area (Å²) in [6.07, 6.45) is 2.99. The van der Waals surface area contributed by atoms with E-state index < -0.39 is 0 Å². The van der Waals surface area contributed by atoms with Gasteiger partial charge in [-0.05, 0) is 31.4 Å². The summed E-state index contributed by atoms with van der Waals surface area (Å²) in [6, 6.07) is 4.90. The maximum Gasteiger partial charge on any atom is 0.137 e. The zero-order chi connectivity index (χ0) is 13.4. The molecule has 1 heterocycles. The number of ether oxygens (including phenoxy) is 1. The van der Waals surface area contributed by atoms with Crippen LogP contribution in [0.15, 0.2) is 18.2 Å². The quantitative estimate of drug-likeness (QED) is 0.917. The number of benzene rings is 1. The van der Waals surface area contributed by atoms with Crippen LogP contribution in [0.4, 0.5) is 4.39 Å². The zero-order valence-corrected chi connectivity index (χ0v) is 11.5. The Balaban J connectivity index is 2.03. The first-order chi connectivity index (χ1) is 9.19. The van der Waals surface area contributed by atoms with E-state index in [1.54, 1.807) is 12.1 Å². The number of aryl methyl sites for hydroxylation is 1. The van der Waals surface area contributed by atoms with Crippen LogP contribution in [0.25, 0.3) is 10.6 Å². The molecule has 1 aromatic carbocycles. The number of nitrogens with two attached hydrogens (primary N) is 1. The molecule has 0 aliphatic heterocycles. The minimum Gasteiger partial charge on any atom is -0.497 e. The number of methoxy groups -OCH3 is 1. The highest BCUT2D eigenvalue weighted by molar-refractivity contribution is 7.15. The van der Waals surface area contributed by atoms with Gasteiger partial charge >= 0.3 is 0 Å². The third kappa shape index (κ3) is 2.24. The van der Waals surface area contributed by atoms with Crippen LogP contribution in [0, 0.1) is 5.82 Å². The lowest BCUT2D eigenvalue weighted by Gasteiger charge is -2.15. The molecule has 1 aromatic heterocycles. The number of rotatable bonds is 2. The van der Waals surface area contributed by atoms with Crippen LogP contribution in [0.1, 0.15) is 29.5 Å². The van der Waals surface area contributed by atoms with Gasteiger partial charge in [-0.15, -0.1) is 11.3 Å². The molecule has 19 heavy (non-hydrogen) atoms. The molecule has 1 unspecified atom stereocenters. The van der Waals surface area contributed by atoms with Crippen LogP contribution in [-0.4, -0.2) is 12.1 Å². The van der Waals surface area contributed by atoms with Crippen molar-refractivity contribution in [3.8, 4) is 16.3 Å². The summed E-state index contributed by atoms with van der Waals surface area (Å²) in [5.74, 6) is 0.207. The number of hydrogen-bond donors (Lipinski definition) is 1. The van der Waals surface area contributed by atoms with E-state index >= 15 is 0 Å². The Morgan fingerprint density at radius 1 is 1.47 bits per heavy atom. The van der Waals surface area contributed by atoms with Gasteiger partial charge in [0.25, 0.3) is 0 Å². The van der Waals surface area contributed by atoms with Crippen LogP contribution in [0.2, 0.25) is 0 Å². The number of hydrogen-bond acceptors (Lipinski definition) is 4. The second-order valence-electron chi connectivity index (χ2n) is 4.67. The Labute approximate surface area is 115 Å². The van der Waals surface area contributed by atoms with Gasteiger partial charge in [-0.25, -0.2) is 9.37 Å². The van der Waals surface area contributed by atoms with E-state index in [-0.39, 0.29) is 11.9 Å². The molecule has 2 N–H and O–H groups in total. The van der Waals surface area contributed by atoms with Gasteiger partial charge in [-0.3, -0.25) is 0 Å². The number of nitrogens with zero attached hydrogens (tertiary/aromatic N) is 1. The maximum absolute atomic E-state index is 14.0. The van der Waals surface area contributed by atoms with E-state index in [1.165, 1.54) is 24.5 Å². The molecule has 1 aliphatic rings. The predicted molar refractivity (Wildman–Crippen MR) is 73.9 cm³/mol. The van der Waals surface area contributed by atoms with E-state index in [9.17, 15) is 4.39 Å². The third-order valence-corrected chi connectivity index (χ3v) is 4.66. The van der Waals surface area contributed by atoms with Crippen molar-refractivity contribution in [2.24, 2.45) is 5.73 Å². The monoisotopic (exact) mass is 278 g/mol. The topological polar surface area (TPSA) is 48.1 Å². The van der Waals surface area contributed by atoms with Crippen molar-refractivity contribution in [3.63, 3.8) is 0 Å². The molecule has 0 saturated heterocycles. The Kier molecular flexibility index (Phi) is 3.24. The molecule has 2 aromatic rings. The molecule has 0 saturated carbocycles. The zero-order valence-electron chi connectivity index (χ0n) is 10.6. The second kappa shape index (κ2) is 4.90. The summed E-state index contributed by atoms with van der Waals surface area (Å²) < 4.78 is 19.0. The summed E-state index contributed by atoms with van der Waals surface area (Å²) in [5, 5.41) is 0.711. The highest BCUT2D eigenvalue weighted by atomic mass is 32.1. The minimum absolute atomic E-state index is 0.0521. The molecule has 100 valence electrons. The van der Waals surface area contributed by atoms with E-state index in [0.717, 1.165) is 29.8 Å². The highest BCUT2D eigenvalue weighted by Gasteiger charge is 2.23. The standard InChI is InChI=1S/C14H15FN2OS/c1-18-8-5-6-9(10(15)7-8)14-17-12-4-2-3-11(16)13(12)19-14/h5-7,11H,2-4,16H2,1H3. The summed E-state index contributed by atoms with van der Waals surface area (Å²) >= 11 is 1.51. The Hall–Kier alpha value is -1.46. The second-order valence-corrected chi connectivity index (χ2v) is 5.71. The van der Waals surface area contributed by atoms with E-state index in [2.05, 4.69) is 4.98 Å².